The number of likely N-dealkylation sites (N-methyl/N-ethyl adjacent to an activating group) is 1. The lowest BCUT2D eigenvalue weighted by Crippen LogP contribution is -2.24. The second kappa shape index (κ2) is 9.48. The van der Waals surface area contributed by atoms with Crippen molar-refractivity contribution in [3.63, 3.8) is 0 Å². The fraction of sp³-hybridized carbons (Fsp3) is 0.286. The molecule has 0 aliphatic rings. The molecule has 0 aliphatic heterocycles. The Morgan fingerprint density at radius 2 is 1.78 bits per heavy atom. The van der Waals surface area contributed by atoms with E-state index in [0.717, 1.165) is 23.1 Å². The van der Waals surface area contributed by atoms with Gasteiger partial charge >= 0.3 is 0 Å². The molecule has 2 aromatic rings. The fourth-order valence-corrected chi connectivity index (χ4v) is 3.63. The first kappa shape index (κ1) is 20.9. The molecule has 0 radical (unpaired) electrons. The van der Waals surface area contributed by atoms with Crippen LogP contribution < -0.4 is 4.72 Å². The number of benzene rings is 2. The van der Waals surface area contributed by atoms with Crippen LogP contribution in [-0.4, -0.2) is 32.8 Å². The van der Waals surface area contributed by atoms with Gasteiger partial charge in [-0.1, -0.05) is 43.3 Å². The second-order valence-electron chi connectivity index (χ2n) is 6.42. The molecule has 2 aromatic carbocycles. The van der Waals surface area contributed by atoms with Crippen molar-refractivity contribution in [1.82, 2.24) is 9.62 Å². The van der Waals surface area contributed by atoms with E-state index in [9.17, 15) is 13.2 Å². The Kier molecular flexibility index (Phi) is 7.33. The molecular weight excluding hydrogens is 360 g/mol. The highest BCUT2D eigenvalue weighted by molar-refractivity contribution is 7.89. The molecule has 144 valence electrons. The Balaban J connectivity index is 2.00. The number of hydrogen-bond donors (Lipinski definition) is 1. The third kappa shape index (κ3) is 6.05. The molecular formula is C21H26N2O3S. The van der Waals surface area contributed by atoms with Gasteiger partial charge < -0.3 is 4.90 Å². The van der Waals surface area contributed by atoms with Gasteiger partial charge in [-0.15, -0.1) is 0 Å². The van der Waals surface area contributed by atoms with Crippen molar-refractivity contribution in [2.75, 3.05) is 13.6 Å². The molecule has 0 bridgehead atoms. The first-order valence-corrected chi connectivity index (χ1v) is 10.4. The molecule has 1 N–H and O–H groups in total. The number of rotatable bonds is 8. The predicted octanol–water partition coefficient (Wildman–Crippen LogP) is 3.36. The highest BCUT2D eigenvalue weighted by Crippen LogP contribution is 2.13. The summed E-state index contributed by atoms with van der Waals surface area (Å²) in [6.45, 7) is 4.87. The van der Waals surface area contributed by atoms with Crippen LogP contribution in [-0.2, 0) is 21.4 Å². The van der Waals surface area contributed by atoms with Gasteiger partial charge in [-0.25, -0.2) is 13.1 Å². The number of aryl methyl sites for hydroxylation is 1. The summed E-state index contributed by atoms with van der Waals surface area (Å²) >= 11 is 0. The lowest BCUT2D eigenvalue weighted by molar-refractivity contribution is -0.125. The minimum atomic E-state index is -3.47. The highest BCUT2D eigenvalue weighted by Gasteiger charge is 2.12. The molecule has 0 saturated carbocycles. The van der Waals surface area contributed by atoms with Gasteiger partial charge in [0.15, 0.2) is 0 Å². The van der Waals surface area contributed by atoms with Gasteiger partial charge in [0.1, 0.15) is 0 Å². The summed E-state index contributed by atoms with van der Waals surface area (Å²) < 4.78 is 26.7. The molecule has 0 saturated heterocycles. The second-order valence-corrected chi connectivity index (χ2v) is 8.19. The number of amides is 1. The summed E-state index contributed by atoms with van der Waals surface area (Å²) in [6, 6.07) is 14.4. The average Bonchev–Trinajstić information content (AvgIpc) is 2.66. The van der Waals surface area contributed by atoms with Crippen LogP contribution in [0.2, 0.25) is 0 Å². The zero-order chi connectivity index (χ0) is 19.9. The first-order chi connectivity index (χ1) is 12.8. The van der Waals surface area contributed by atoms with E-state index in [0.29, 0.717) is 13.1 Å². The van der Waals surface area contributed by atoms with Crippen LogP contribution in [0.3, 0.4) is 0 Å². The number of nitrogens with zero attached hydrogens (tertiary/aromatic N) is 1. The average molecular weight is 387 g/mol. The molecule has 0 heterocycles. The largest absolute Gasteiger partial charge is 0.338 e. The van der Waals surface area contributed by atoms with Crippen LogP contribution in [0.4, 0.5) is 0 Å². The van der Waals surface area contributed by atoms with E-state index in [1.54, 1.807) is 42.3 Å². The van der Waals surface area contributed by atoms with Crippen LogP contribution in [0, 0.1) is 6.92 Å². The maximum absolute atomic E-state index is 12.3. The maximum atomic E-state index is 12.3. The molecule has 0 aliphatic carbocycles. The van der Waals surface area contributed by atoms with Gasteiger partial charge in [-0.3, -0.25) is 4.79 Å². The minimum Gasteiger partial charge on any atom is -0.338 e. The Labute approximate surface area is 161 Å². The van der Waals surface area contributed by atoms with Crippen molar-refractivity contribution < 1.29 is 13.2 Å². The number of sulfonamides is 1. The van der Waals surface area contributed by atoms with Crippen LogP contribution in [0.25, 0.3) is 6.08 Å². The number of hydrogen-bond acceptors (Lipinski definition) is 3. The van der Waals surface area contributed by atoms with E-state index >= 15 is 0 Å². The van der Waals surface area contributed by atoms with Gasteiger partial charge in [0.25, 0.3) is 0 Å². The summed E-state index contributed by atoms with van der Waals surface area (Å²) in [7, 11) is -1.71. The van der Waals surface area contributed by atoms with Gasteiger partial charge in [-0.2, -0.15) is 0 Å². The van der Waals surface area contributed by atoms with Crippen molar-refractivity contribution in [3.05, 3.63) is 71.3 Å². The normalized spacial score (nSPS) is 11.7. The van der Waals surface area contributed by atoms with E-state index in [2.05, 4.69) is 4.72 Å². The van der Waals surface area contributed by atoms with Crippen LogP contribution >= 0.6 is 0 Å². The van der Waals surface area contributed by atoms with Gasteiger partial charge in [0, 0.05) is 26.2 Å². The monoisotopic (exact) mass is 386 g/mol. The zero-order valence-corrected chi connectivity index (χ0v) is 16.8. The van der Waals surface area contributed by atoms with Gasteiger partial charge in [0.2, 0.25) is 15.9 Å². The quantitative estimate of drug-likeness (QED) is 0.708. The lowest BCUT2D eigenvalue weighted by Gasteiger charge is -2.16. The predicted molar refractivity (Wildman–Crippen MR) is 109 cm³/mol. The van der Waals surface area contributed by atoms with E-state index < -0.39 is 10.0 Å². The molecule has 0 aromatic heterocycles. The SMILES string of the molecule is CCCNS(=O)(=O)c1ccc(/C=C/C(=O)N(C)Cc2ccccc2C)cc1. The van der Waals surface area contributed by atoms with Crippen molar-refractivity contribution >= 4 is 22.0 Å². The third-order valence-electron chi connectivity index (χ3n) is 4.20. The van der Waals surface area contributed by atoms with Crippen molar-refractivity contribution in [2.24, 2.45) is 0 Å². The Hall–Kier alpha value is -2.44. The Morgan fingerprint density at radius 3 is 2.41 bits per heavy atom. The maximum Gasteiger partial charge on any atom is 0.246 e. The van der Waals surface area contributed by atoms with E-state index in [-0.39, 0.29) is 10.8 Å². The van der Waals surface area contributed by atoms with Gasteiger partial charge in [-0.05, 0) is 48.2 Å². The van der Waals surface area contributed by atoms with E-state index in [1.165, 1.54) is 6.08 Å². The van der Waals surface area contributed by atoms with Crippen LogP contribution in [0.15, 0.2) is 59.5 Å². The molecule has 1 amide bonds. The van der Waals surface area contributed by atoms with Crippen LogP contribution in [0.1, 0.15) is 30.0 Å². The summed E-state index contributed by atoms with van der Waals surface area (Å²) in [6.07, 6.45) is 3.92. The molecule has 2 rings (SSSR count). The van der Waals surface area contributed by atoms with Crippen molar-refractivity contribution in [3.8, 4) is 0 Å². The van der Waals surface area contributed by atoms with Crippen molar-refractivity contribution in [1.29, 1.82) is 0 Å². The molecule has 0 atom stereocenters. The lowest BCUT2D eigenvalue weighted by atomic mass is 10.1. The minimum absolute atomic E-state index is 0.112. The molecule has 6 heteroatoms. The molecule has 0 unspecified atom stereocenters. The van der Waals surface area contributed by atoms with Gasteiger partial charge in [0.05, 0.1) is 4.90 Å². The topological polar surface area (TPSA) is 66.5 Å². The first-order valence-electron chi connectivity index (χ1n) is 8.91. The number of carbonyl (C=O) groups excluding carboxylic acids is 1. The van der Waals surface area contributed by atoms with Crippen molar-refractivity contribution in [2.45, 2.75) is 31.7 Å². The van der Waals surface area contributed by atoms with E-state index in [4.69, 9.17) is 0 Å². The Morgan fingerprint density at radius 1 is 1.11 bits per heavy atom. The third-order valence-corrected chi connectivity index (χ3v) is 5.67. The standard InChI is InChI=1S/C21H26N2O3S/c1-4-15-22-27(25,26)20-12-9-18(10-13-20)11-14-21(24)23(3)16-19-8-6-5-7-17(19)2/h5-14,22H,4,15-16H2,1-3H3/b14-11+. The zero-order valence-electron chi connectivity index (χ0n) is 16.0. The smallest absolute Gasteiger partial charge is 0.246 e. The van der Waals surface area contributed by atoms with E-state index in [1.807, 2.05) is 38.1 Å². The molecule has 0 spiro atoms. The summed E-state index contributed by atoms with van der Waals surface area (Å²) in [5.41, 5.74) is 3.02. The Bertz CT molecular complexity index is 903. The molecule has 0 fully saturated rings. The summed E-state index contributed by atoms with van der Waals surface area (Å²) in [5.74, 6) is -0.112. The number of carbonyl (C=O) groups is 1. The molecule has 27 heavy (non-hydrogen) atoms. The summed E-state index contributed by atoms with van der Waals surface area (Å²) in [5, 5.41) is 0. The highest BCUT2D eigenvalue weighted by atomic mass is 32.2. The molecule has 5 nitrogen and oxygen atoms in total. The number of nitrogens with one attached hydrogen (secondary N) is 1. The fourth-order valence-electron chi connectivity index (χ4n) is 2.49. The summed E-state index contributed by atoms with van der Waals surface area (Å²) in [4.78, 5) is 14.2. The van der Waals surface area contributed by atoms with Crippen LogP contribution in [0.5, 0.6) is 0 Å².